The predicted octanol–water partition coefficient (Wildman–Crippen LogP) is 7.62. The topological polar surface area (TPSA) is 0 Å². The molecule has 0 aromatic carbocycles. The van der Waals surface area contributed by atoms with Crippen LogP contribution in [0.4, 0.5) is 0 Å². The van der Waals surface area contributed by atoms with Gasteiger partial charge in [-0.3, -0.25) is 0 Å². The van der Waals surface area contributed by atoms with Crippen LogP contribution in [0.5, 0.6) is 0 Å². The van der Waals surface area contributed by atoms with Crippen LogP contribution in [0.25, 0.3) is 0 Å². The fraction of sp³-hybridized carbons (Fsp3) is 1.00. The van der Waals surface area contributed by atoms with Gasteiger partial charge in [-0.15, -0.1) is 0 Å². The molecule has 20 heavy (non-hydrogen) atoms. The minimum absolute atomic E-state index is 0.931. The summed E-state index contributed by atoms with van der Waals surface area (Å²) in [4.78, 5) is 0. The highest BCUT2D eigenvalue weighted by molar-refractivity contribution is 4.62. The number of hydrogen-bond donors (Lipinski definition) is 0. The first-order valence-electron chi connectivity index (χ1n) is 9.61. The summed E-state index contributed by atoms with van der Waals surface area (Å²) in [6.07, 6.45) is 17.3. The SMILES string of the molecule is CCCC(C)C(C)CCCCCCCCCC(C)CC. The molecule has 0 aromatic heterocycles. The lowest BCUT2D eigenvalue weighted by Gasteiger charge is -2.19. The zero-order valence-corrected chi connectivity index (χ0v) is 15.2. The second-order valence-electron chi connectivity index (χ2n) is 7.31. The van der Waals surface area contributed by atoms with E-state index in [1.54, 1.807) is 0 Å². The molecule has 0 N–H and O–H groups in total. The zero-order valence-electron chi connectivity index (χ0n) is 15.2. The van der Waals surface area contributed by atoms with E-state index < -0.39 is 0 Å². The molecule has 0 aliphatic carbocycles. The third-order valence-electron chi connectivity index (χ3n) is 5.27. The normalized spacial score (nSPS) is 16.1. The highest BCUT2D eigenvalue weighted by atomic mass is 14.2. The van der Waals surface area contributed by atoms with Crippen LogP contribution in [-0.4, -0.2) is 0 Å². The van der Waals surface area contributed by atoms with Crippen molar-refractivity contribution in [3.8, 4) is 0 Å². The van der Waals surface area contributed by atoms with E-state index in [9.17, 15) is 0 Å². The van der Waals surface area contributed by atoms with Gasteiger partial charge in [0.15, 0.2) is 0 Å². The van der Waals surface area contributed by atoms with E-state index in [0.29, 0.717) is 0 Å². The lowest BCUT2D eigenvalue weighted by molar-refractivity contribution is 0.330. The molecular weight excluding hydrogens is 240 g/mol. The molecule has 0 aliphatic rings. The first-order valence-corrected chi connectivity index (χ1v) is 9.61. The third kappa shape index (κ3) is 11.8. The number of hydrogen-bond acceptors (Lipinski definition) is 0. The molecule has 0 amide bonds. The smallest absolute Gasteiger partial charge is 0.0417 e. The van der Waals surface area contributed by atoms with Crippen molar-refractivity contribution >= 4 is 0 Å². The van der Waals surface area contributed by atoms with Gasteiger partial charge in [-0.2, -0.15) is 0 Å². The Morgan fingerprint density at radius 2 is 1.00 bits per heavy atom. The van der Waals surface area contributed by atoms with Gasteiger partial charge in [0, 0.05) is 0 Å². The minimum Gasteiger partial charge on any atom is -0.0654 e. The molecule has 0 saturated carbocycles. The fourth-order valence-electron chi connectivity index (χ4n) is 3.07. The molecule has 0 fully saturated rings. The van der Waals surface area contributed by atoms with Gasteiger partial charge in [0.05, 0.1) is 0 Å². The molecule has 0 aromatic rings. The van der Waals surface area contributed by atoms with Crippen LogP contribution >= 0.6 is 0 Å². The molecule has 0 rings (SSSR count). The maximum Gasteiger partial charge on any atom is -0.0417 e. The van der Waals surface area contributed by atoms with Gasteiger partial charge in [0.25, 0.3) is 0 Å². The molecule has 3 atom stereocenters. The Labute approximate surface area is 130 Å². The standard InChI is InChI=1S/C20H42/c1-6-15-19(4)20(5)17-14-12-10-8-9-11-13-16-18(3)7-2/h18-20H,6-17H2,1-5H3. The summed E-state index contributed by atoms with van der Waals surface area (Å²) in [5.74, 6) is 2.81. The number of unbranched alkanes of at least 4 members (excludes halogenated alkanes) is 6. The van der Waals surface area contributed by atoms with Crippen molar-refractivity contribution in [2.75, 3.05) is 0 Å². The summed E-state index contributed by atoms with van der Waals surface area (Å²) in [5.41, 5.74) is 0. The largest absolute Gasteiger partial charge is 0.0654 e. The van der Waals surface area contributed by atoms with Crippen molar-refractivity contribution in [2.45, 2.75) is 112 Å². The zero-order chi connectivity index (χ0) is 15.2. The van der Waals surface area contributed by atoms with Gasteiger partial charge >= 0.3 is 0 Å². The van der Waals surface area contributed by atoms with Crippen LogP contribution < -0.4 is 0 Å². The van der Waals surface area contributed by atoms with Crippen molar-refractivity contribution < 1.29 is 0 Å². The van der Waals surface area contributed by atoms with Gasteiger partial charge in [-0.1, -0.05) is 112 Å². The summed E-state index contributed by atoms with van der Waals surface area (Å²) < 4.78 is 0. The van der Waals surface area contributed by atoms with E-state index in [2.05, 4.69) is 34.6 Å². The first-order chi connectivity index (χ1) is 9.61. The molecule has 0 saturated heterocycles. The molecule has 0 nitrogen and oxygen atoms in total. The molecule has 0 heterocycles. The molecule has 0 bridgehead atoms. The van der Waals surface area contributed by atoms with E-state index in [4.69, 9.17) is 0 Å². The van der Waals surface area contributed by atoms with Crippen LogP contribution in [-0.2, 0) is 0 Å². The lowest BCUT2D eigenvalue weighted by atomic mass is 9.87. The van der Waals surface area contributed by atoms with Crippen LogP contribution in [0.3, 0.4) is 0 Å². The lowest BCUT2D eigenvalue weighted by Crippen LogP contribution is -2.07. The highest BCUT2D eigenvalue weighted by Crippen LogP contribution is 2.23. The van der Waals surface area contributed by atoms with E-state index in [0.717, 1.165) is 17.8 Å². The predicted molar refractivity (Wildman–Crippen MR) is 94.2 cm³/mol. The summed E-state index contributed by atoms with van der Waals surface area (Å²) in [7, 11) is 0. The summed E-state index contributed by atoms with van der Waals surface area (Å²) in [5, 5.41) is 0. The summed E-state index contributed by atoms with van der Waals surface area (Å²) in [6.45, 7) is 11.9. The van der Waals surface area contributed by atoms with E-state index in [1.807, 2.05) is 0 Å². The van der Waals surface area contributed by atoms with Gasteiger partial charge < -0.3 is 0 Å². The Hall–Kier alpha value is 0. The second kappa shape index (κ2) is 14.0. The van der Waals surface area contributed by atoms with Crippen LogP contribution in [0.15, 0.2) is 0 Å². The molecule has 0 spiro atoms. The van der Waals surface area contributed by atoms with Crippen molar-refractivity contribution in [3.63, 3.8) is 0 Å². The number of rotatable bonds is 14. The Balaban J connectivity index is 3.24. The fourth-order valence-corrected chi connectivity index (χ4v) is 3.07. The molecule has 3 unspecified atom stereocenters. The quantitative estimate of drug-likeness (QED) is 0.287. The second-order valence-corrected chi connectivity index (χ2v) is 7.31. The monoisotopic (exact) mass is 282 g/mol. The van der Waals surface area contributed by atoms with Gasteiger partial charge in [-0.05, 0) is 17.8 Å². The Morgan fingerprint density at radius 1 is 0.550 bits per heavy atom. The molecule has 0 heteroatoms. The maximum absolute atomic E-state index is 2.45. The average molecular weight is 283 g/mol. The highest BCUT2D eigenvalue weighted by Gasteiger charge is 2.10. The maximum atomic E-state index is 2.45. The van der Waals surface area contributed by atoms with E-state index in [-0.39, 0.29) is 0 Å². The summed E-state index contributed by atoms with van der Waals surface area (Å²) in [6, 6.07) is 0. The van der Waals surface area contributed by atoms with Crippen molar-refractivity contribution in [1.29, 1.82) is 0 Å². The molecule has 0 aliphatic heterocycles. The van der Waals surface area contributed by atoms with Crippen molar-refractivity contribution in [3.05, 3.63) is 0 Å². The van der Waals surface area contributed by atoms with Crippen LogP contribution in [0.1, 0.15) is 112 Å². The average Bonchev–Trinajstić information content (AvgIpc) is 2.45. The molecule has 122 valence electrons. The first kappa shape index (κ1) is 20.0. The minimum atomic E-state index is 0.931. The third-order valence-corrected chi connectivity index (χ3v) is 5.27. The Kier molecular flexibility index (Phi) is 14.0. The van der Waals surface area contributed by atoms with Crippen molar-refractivity contribution in [1.82, 2.24) is 0 Å². The summed E-state index contributed by atoms with van der Waals surface area (Å²) >= 11 is 0. The van der Waals surface area contributed by atoms with E-state index in [1.165, 1.54) is 77.0 Å². The Bertz CT molecular complexity index is 184. The van der Waals surface area contributed by atoms with Crippen molar-refractivity contribution in [2.24, 2.45) is 17.8 Å². The van der Waals surface area contributed by atoms with Gasteiger partial charge in [0.2, 0.25) is 0 Å². The Morgan fingerprint density at radius 3 is 1.50 bits per heavy atom. The van der Waals surface area contributed by atoms with Gasteiger partial charge in [0.1, 0.15) is 0 Å². The van der Waals surface area contributed by atoms with Crippen LogP contribution in [0.2, 0.25) is 0 Å². The molecular formula is C20H42. The molecule has 0 radical (unpaired) electrons. The van der Waals surface area contributed by atoms with Crippen LogP contribution in [0, 0.1) is 17.8 Å². The van der Waals surface area contributed by atoms with E-state index >= 15 is 0 Å². The van der Waals surface area contributed by atoms with Gasteiger partial charge in [-0.25, -0.2) is 0 Å².